The van der Waals surface area contributed by atoms with Crippen molar-refractivity contribution in [3.63, 3.8) is 0 Å². The molecule has 3 aromatic rings. The van der Waals surface area contributed by atoms with E-state index >= 15 is 0 Å². The number of amides is 3. The van der Waals surface area contributed by atoms with Gasteiger partial charge in [-0.05, 0) is 68.5 Å². The third-order valence-corrected chi connectivity index (χ3v) is 8.04. The van der Waals surface area contributed by atoms with Crippen LogP contribution in [-0.4, -0.2) is 64.8 Å². The lowest BCUT2D eigenvalue weighted by Gasteiger charge is -2.36. The monoisotopic (exact) mass is 589 g/mol. The number of carbonyl (C=O) groups excluding carboxylic acids is 3. The van der Waals surface area contributed by atoms with E-state index in [4.69, 9.17) is 14.7 Å². The third-order valence-electron chi connectivity index (χ3n) is 8.04. The number of likely N-dealkylation sites (tertiary alicyclic amines) is 1. The van der Waals surface area contributed by atoms with Gasteiger partial charge < -0.3 is 25.0 Å². The summed E-state index contributed by atoms with van der Waals surface area (Å²) in [6, 6.07) is 16.3. The summed E-state index contributed by atoms with van der Waals surface area (Å²) in [5.74, 6) is -0.772. The van der Waals surface area contributed by atoms with Crippen LogP contribution < -0.4 is 20.9 Å². The van der Waals surface area contributed by atoms with Gasteiger partial charge in [0.2, 0.25) is 11.8 Å². The molecule has 5 rings (SSSR count). The molecule has 3 amide bonds. The molecule has 2 aromatic carbocycles. The number of benzene rings is 2. The van der Waals surface area contributed by atoms with Crippen molar-refractivity contribution in [2.24, 2.45) is 5.92 Å². The number of aromatic nitrogens is 1. The minimum Gasteiger partial charge on any atom is -0.489 e. The highest BCUT2D eigenvalue weighted by Gasteiger charge is 2.38. The molecule has 0 bridgehead atoms. The highest BCUT2D eigenvalue weighted by Crippen LogP contribution is 2.26. The number of ether oxygens (including phenoxy) is 2. The minimum absolute atomic E-state index is 0.102. The van der Waals surface area contributed by atoms with Crippen LogP contribution in [-0.2, 0) is 20.9 Å². The van der Waals surface area contributed by atoms with Crippen molar-refractivity contribution in [3.8, 4) is 5.75 Å². The van der Waals surface area contributed by atoms with E-state index in [2.05, 4.69) is 15.6 Å². The van der Waals surface area contributed by atoms with Crippen LogP contribution in [0.3, 0.4) is 0 Å². The summed E-state index contributed by atoms with van der Waals surface area (Å²) < 4.78 is 11.8. The number of rotatable bonds is 8. The maximum absolute atomic E-state index is 13.3. The highest BCUT2D eigenvalue weighted by molar-refractivity contribution is 5.95. The summed E-state index contributed by atoms with van der Waals surface area (Å²) in [4.78, 5) is 44.4. The Hall–Kier alpha value is -4.22. The van der Waals surface area contributed by atoms with Crippen LogP contribution in [0, 0.1) is 12.8 Å². The van der Waals surface area contributed by atoms with Crippen molar-refractivity contribution in [2.75, 3.05) is 25.0 Å². The van der Waals surface area contributed by atoms with Crippen LogP contribution in [0.1, 0.15) is 49.8 Å². The van der Waals surface area contributed by atoms with Crippen LogP contribution in [0.2, 0.25) is 0 Å². The zero-order valence-corrected chi connectivity index (χ0v) is 24.4. The standard InChI is InChI=1S/C32H39N5O6/c1-21-16-23(27-8-4-5-9-28(27)34-21)20-42-25-12-10-24(11-13-25)35-31(39)30-22(18-29(38)36-41)17-26(19-33-30)43-32(40)37-14-6-2-3-7-15-37/h4-5,8-13,16,22,26,30,33,41H,2-3,6-7,14-15,17-20H2,1H3,(H,35,39)(H,36,38)/t22-,26-,30-/m0/s1. The second-order valence-electron chi connectivity index (χ2n) is 11.3. The SMILES string of the molecule is Cc1cc(COc2ccc(NC(=O)[C@H]3NC[C@@H](OC(=O)N4CCCCCC4)C[C@H]3CC(=O)NO)cc2)c2ccccc2n1. The minimum atomic E-state index is -0.718. The van der Waals surface area contributed by atoms with Gasteiger partial charge in [0.15, 0.2) is 0 Å². The van der Waals surface area contributed by atoms with Gasteiger partial charge in [-0.15, -0.1) is 0 Å². The Kier molecular flexibility index (Phi) is 10.1. The van der Waals surface area contributed by atoms with Gasteiger partial charge in [0.05, 0.1) is 11.6 Å². The molecule has 11 heteroatoms. The van der Waals surface area contributed by atoms with E-state index < -0.39 is 24.0 Å². The number of para-hydroxylation sites is 1. The summed E-state index contributed by atoms with van der Waals surface area (Å²) in [6.45, 7) is 3.96. The van der Waals surface area contributed by atoms with Crippen LogP contribution in [0.25, 0.3) is 10.9 Å². The van der Waals surface area contributed by atoms with Gasteiger partial charge in [0.25, 0.3) is 0 Å². The number of carbonyl (C=O) groups is 3. The van der Waals surface area contributed by atoms with E-state index in [0.29, 0.717) is 37.6 Å². The molecular formula is C32H39N5O6. The van der Waals surface area contributed by atoms with Gasteiger partial charge in [-0.2, -0.15) is 0 Å². The summed E-state index contributed by atoms with van der Waals surface area (Å²) in [7, 11) is 0. The molecule has 2 fully saturated rings. The van der Waals surface area contributed by atoms with Gasteiger partial charge in [-0.1, -0.05) is 31.0 Å². The predicted octanol–water partition coefficient (Wildman–Crippen LogP) is 4.32. The first-order chi connectivity index (χ1) is 20.9. The van der Waals surface area contributed by atoms with Gasteiger partial charge in [0, 0.05) is 48.4 Å². The molecular weight excluding hydrogens is 550 g/mol. The molecule has 228 valence electrons. The second-order valence-corrected chi connectivity index (χ2v) is 11.3. The van der Waals surface area contributed by atoms with E-state index in [1.165, 1.54) is 0 Å². The van der Waals surface area contributed by atoms with Crippen molar-refractivity contribution >= 4 is 34.5 Å². The predicted molar refractivity (Wildman–Crippen MR) is 161 cm³/mol. The Morgan fingerprint density at radius 2 is 1.79 bits per heavy atom. The zero-order chi connectivity index (χ0) is 30.2. The molecule has 43 heavy (non-hydrogen) atoms. The average Bonchev–Trinajstić information content (AvgIpc) is 3.30. The normalized spacial score (nSPS) is 20.6. The first-order valence-electron chi connectivity index (χ1n) is 14.9. The van der Waals surface area contributed by atoms with Gasteiger partial charge in [-0.25, -0.2) is 10.3 Å². The lowest BCUT2D eigenvalue weighted by atomic mass is 9.86. The summed E-state index contributed by atoms with van der Waals surface area (Å²) >= 11 is 0. The smallest absolute Gasteiger partial charge is 0.410 e. The molecule has 1 aromatic heterocycles. The second kappa shape index (κ2) is 14.3. The highest BCUT2D eigenvalue weighted by atomic mass is 16.6. The van der Waals surface area contributed by atoms with Crippen LogP contribution >= 0.6 is 0 Å². The molecule has 11 nitrogen and oxygen atoms in total. The van der Waals surface area contributed by atoms with Crippen molar-refractivity contribution in [2.45, 2.75) is 64.2 Å². The molecule has 0 saturated carbocycles. The van der Waals surface area contributed by atoms with Gasteiger partial charge >= 0.3 is 6.09 Å². The third kappa shape index (κ3) is 7.99. The molecule has 4 N–H and O–H groups in total. The molecule has 2 aliphatic heterocycles. The summed E-state index contributed by atoms with van der Waals surface area (Å²) in [6.07, 6.45) is 3.46. The Balaban J connectivity index is 1.18. The molecule has 2 aliphatic rings. The van der Waals surface area contributed by atoms with E-state index in [1.54, 1.807) is 34.6 Å². The molecule has 0 spiro atoms. The largest absolute Gasteiger partial charge is 0.489 e. The Morgan fingerprint density at radius 1 is 1.05 bits per heavy atom. The van der Waals surface area contributed by atoms with Crippen molar-refractivity contribution in [1.29, 1.82) is 0 Å². The van der Waals surface area contributed by atoms with E-state index in [-0.39, 0.29) is 25.0 Å². The van der Waals surface area contributed by atoms with Crippen molar-refractivity contribution in [1.82, 2.24) is 20.7 Å². The summed E-state index contributed by atoms with van der Waals surface area (Å²) in [5.41, 5.74) is 5.10. The number of nitrogens with one attached hydrogen (secondary N) is 3. The topological polar surface area (TPSA) is 142 Å². The van der Waals surface area contributed by atoms with Gasteiger partial charge in [-0.3, -0.25) is 19.8 Å². The average molecular weight is 590 g/mol. The fourth-order valence-electron chi connectivity index (χ4n) is 5.86. The Bertz CT molecular complexity index is 1420. The van der Waals surface area contributed by atoms with Crippen LogP contribution in [0.4, 0.5) is 10.5 Å². The van der Waals surface area contributed by atoms with E-state index in [9.17, 15) is 14.4 Å². The number of hydrogen-bond acceptors (Lipinski definition) is 8. The quantitative estimate of drug-likeness (QED) is 0.225. The van der Waals surface area contributed by atoms with E-state index in [0.717, 1.165) is 47.8 Å². The number of piperidine rings is 1. The molecule has 0 aliphatic carbocycles. The Labute approximate surface area is 250 Å². The number of pyridine rings is 1. The molecule has 3 heterocycles. The Morgan fingerprint density at radius 3 is 2.53 bits per heavy atom. The first-order valence-corrected chi connectivity index (χ1v) is 14.9. The van der Waals surface area contributed by atoms with Crippen LogP contribution in [0.5, 0.6) is 5.75 Å². The number of hydrogen-bond donors (Lipinski definition) is 4. The number of hydroxylamine groups is 1. The van der Waals surface area contributed by atoms with Crippen LogP contribution in [0.15, 0.2) is 54.6 Å². The number of aryl methyl sites for hydroxylation is 1. The van der Waals surface area contributed by atoms with Crippen molar-refractivity contribution in [3.05, 3.63) is 65.9 Å². The van der Waals surface area contributed by atoms with Gasteiger partial charge in [0.1, 0.15) is 18.5 Å². The first kappa shape index (κ1) is 30.2. The summed E-state index contributed by atoms with van der Waals surface area (Å²) in [5, 5.41) is 16.2. The lowest BCUT2D eigenvalue weighted by Crippen LogP contribution is -2.55. The molecule has 0 unspecified atom stereocenters. The zero-order valence-electron chi connectivity index (χ0n) is 24.4. The molecule has 2 saturated heterocycles. The maximum atomic E-state index is 13.3. The van der Waals surface area contributed by atoms with Crippen molar-refractivity contribution < 1.29 is 29.1 Å². The number of fused-ring (bicyclic) bond motifs is 1. The molecule has 0 radical (unpaired) electrons. The fraction of sp³-hybridized carbons (Fsp3) is 0.438. The lowest BCUT2D eigenvalue weighted by molar-refractivity contribution is -0.131. The maximum Gasteiger partial charge on any atom is 0.410 e. The number of nitrogens with zero attached hydrogens (tertiary/aromatic N) is 2. The fourth-order valence-corrected chi connectivity index (χ4v) is 5.86. The molecule has 3 atom stereocenters. The number of anilines is 1. The van der Waals surface area contributed by atoms with E-state index in [1.807, 2.05) is 37.3 Å².